The van der Waals surface area contributed by atoms with Gasteiger partial charge in [-0.2, -0.15) is 0 Å². The Balaban J connectivity index is 1.65. The predicted molar refractivity (Wildman–Crippen MR) is 85.2 cm³/mol. The molecule has 22 heavy (non-hydrogen) atoms. The molecule has 0 saturated heterocycles. The third kappa shape index (κ3) is 5.84. The van der Waals surface area contributed by atoms with Gasteiger partial charge in [0, 0.05) is 10.7 Å². The van der Waals surface area contributed by atoms with Gasteiger partial charge in [-0.25, -0.2) is 4.39 Å². The first-order chi connectivity index (χ1) is 11.8. The molecule has 0 aliphatic heterocycles. The average molecular weight is 317 g/mol. The smallest absolute Gasteiger partial charge is 0.234 e. The van der Waals surface area contributed by atoms with Crippen LogP contribution in [0.1, 0.15) is 62.3 Å². The maximum atomic E-state index is 13.4. The molecule has 2 aliphatic rings. The van der Waals surface area contributed by atoms with Crippen molar-refractivity contribution in [1.29, 1.82) is 0 Å². The molecule has 5 heteroatoms. The van der Waals surface area contributed by atoms with Gasteiger partial charge in [0.25, 0.3) is 0 Å². The van der Waals surface area contributed by atoms with Crippen molar-refractivity contribution in [1.82, 2.24) is 5.32 Å². The Morgan fingerprint density at radius 2 is 2.09 bits per heavy atom. The van der Waals surface area contributed by atoms with Crippen LogP contribution < -0.4 is 11.1 Å². The molecule has 2 fully saturated rings. The van der Waals surface area contributed by atoms with Gasteiger partial charge < -0.3 is 15.8 Å². The highest BCUT2D eigenvalue weighted by Gasteiger charge is 2.25. The van der Waals surface area contributed by atoms with Gasteiger partial charge in [0.15, 0.2) is 0 Å². The van der Waals surface area contributed by atoms with Crippen LogP contribution in [0.15, 0.2) is 0 Å². The minimum Gasteiger partial charge on any atom is -0.378 e. The summed E-state index contributed by atoms with van der Waals surface area (Å²) in [4.78, 5) is 11.3. The summed E-state index contributed by atoms with van der Waals surface area (Å²) in [5, 5.41) is 2.81. The molecule has 4 nitrogen and oxygen atoms in total. The lowest BCUT2D eigenvalue weighted by Gasteiger charge is -2.31. The van der Waals surface area contributed by atoms with Crippen LogP contribution in [0, 0.1) is 11.8 Å². The molecule has 3 N–H and O–H groups in total. The van der Waals surface area contributed by atoms with E-state index in [4.69, 9.17) is 14.6 Å². The Labute approximate surface area is 137 Å². The molecule has 3 atom stereocenters. The van der Waals surface area contributed by atoms with Crippen molar-refractivity contribution in [2.75, 3.05) is 13.2 Å². The molecule has 128 valence electrons. The topological polar surface area (TPSA) is 64.3 Å². The number of rotatable bonds is 7. The Kier molecular flexibility index (Phi) is 5.51. The molecule has 1 amide bonds. The Hall–Kier alpha value is -0.680. The van der Waals surface area contributed by atoms with E-state index in [1.807, 2.05) is 0 Å². The molecule has 2 unspecified atom stereocenters. The number of carbonyl (C=O) groups is 1. The molecular weight excluding hydrogens is 283 g/mol. The molecular formula is C17H31FN2O2. The quantitative estimate of drug-likeness (QED) is 0.758. The number of hydrogen-bond acceptors (Lipinski definition) is 3. The van der Waals surface area contributed by atoms with Crippen LogP contribution in [0.2, 0.25) is 0 Å². The van der Waals surface area contributed by atoms with Crippen LogP contribution in [0.5, 0.6) is 0 Å². The average Bonchev–Trinajstić information content (AvgIpc) is 2.53. The third-order valence-electron chi connectivity index (χ3n) is 4.98. The Morgan fingerprint density at radius 3 is 2.73 bits per heavy atom. The zero-order valence-electron chi connectivity index (χ0n) is 16.2. The number of carbonyl (C=O) groups excluding carboxylic acids is 1. The van der Waals surface area contributed by atoms with Crippen molar-refractivity contribution < 1.29 is 18.0 Å². The van der Waals surface area contributed by atoms with Gasteiger partial charge in [0.1, 0.15) is 6.17 Å². The van der Waals surface area contributed by atoms with Crippen molar-refractivity contribution in [3.63, 3.8) is 0 Å². The van der Waals surface area contributed by atoms with Crippen molar-refractivity contribution in [3.05, 3.63) is 0 Å². The van der Waals surface area contributed by atoms with E-state index in [2.05, 4.69) is 5.32 Å². The fourth-order valence-electron chi connectivity index (χ4n) is 3.54. The van der Waals surface area contributed by atoms with E-state index in [0.29, 0.717) is 37.8 Å². The van der Waals surface area contributed by atoms with Crippen LogP contribution in [-0.4, -0.2) is 37.4 Å². The summed E-state index contributed by atoms with van der Waals surface area (Å²) in [5.74, 6) is -0.164. The number of ether oxygens (including phenoxy) is 1. The monoisotopic (exact) mass is 317 g/mol. The van der Waals surface area contributed by atoms with E-state index >= 15 is 0 Å². The fraction of sp³-hybridized carbons (Fsp3) is 0.941. The SMILES string of the molecule is [2H]C([2H])([2H])[C@H](NCC1CCC(OCC2CCCC(F)C2)CC1)C(N)=O. The van der Waals surface area contributed by atoms with E-state index in [9.17, 15) is 9.18 Å². The third-order valence-corrected chi connectivity index (χ3v) is 4.98. The highest BCUT2D eigenvalue weighted by Crippen LogP contribution is 2.29. The van der Waals surface area contributed by atoms with E-state index < -0.39 is 25.0 Å². The molecule has 2 saturated carbocycles. The molecule has 0 bridgehead atoms. The number of primary amides is 1. The van der Waals surface area contributed by atoms with Crippen LogP contribution >= 0.6 is 0 Å². The minimum atomic E-state index is -2.42. The Morgan fingerprint density at radius 1 is 1.32 bits per heavy atom. The first kappa shape index (κ1) is 13.7. The minimum absolute atomic E-state index is 0.214. The summed E-state index contributed by atoms with van der Waals surface area (Å²) < 4.78 is 41.5. The predicted octanol–water partition coefficient (Wildman–Crippen LogP) is 2.55. The summed E-state index contributed by atoms with van der Waals surface area (Å²) in [6.07, 6.45) is 6.59. The second kappa shape index (κ2) is 8.82. The molecule has 0 spiro atoms. The molecule has 0 aromatic heterocycles. The largest absolute Gasteiger partial charge is 0.378 e. The van der Waals surface area contributed by atoms with Crippen molar-refractivity contribution in [3.8, 4) is 0 Å². The van der Waals surface area contributed by atoms with Crippen molar-refractivity contribution in [2.45, 2.75) is 76.5 Å². The first-order valence-electron chi connectivity index (χ1n) is 10.0. The van der Waals surface area contributed by atoms with Crippen molar-refractivity contribution >= 4 is 5.91 Å². The number of nitrogens with one attached hydrogen (secondary N) is 1. The van der Waals surface area contributed by atoms with Crippen LogP contribution in [0.4, 0.5) is 4.39 Å². The summed E-state index contributed by atoms with van der Waals surface area (Å²) in [5.41, 5.74) is 5.17. The van der Waals surface area contributed by atoms with Gasteiger partial charge in [-0.3, -0.25) is 4.79 Å². The molecule has 0 aromatic rings. The van der Waals surface area contributed by atoms with Gasteiger partial charge in [0.2, 0.25) is 5.91 Å². The number of halogens is 1. The molecule has 0 radical (unpaired) electrons. The summed E-state index contributed by atoms with van der Waals surface area (Å²) in [7, 11) is 0. The van der Waals surface area contributed by atoms with Gasteiger partial charge in [0.05, 0.1) is 12.1 Å². The summed E-state index contributed by atoms with van der Waals surface area (Å²) in [6, 6.07) is -1.29. The molecule has 2 aliphatic carbocycles. The second-order valence-electron chi connectivity index (χ2n) is 6.85. The first-order valence-corrected chi connectivity index (χ1v) is 8.54. The van der Waals surface area contributed by atoms with E-state index in [-0.39, 0.29) is 6.10 Å². The molecule has 0 aromatic carbocycles. The lowest BCUT2D eigenvalue weighted by Crippen LogP contribution is -2.41. The molecule has 0 heterocycles. The molecule has 2 rings (SSSR count). The lowest BCUT2D eigenvalue weighted by atomic mass is 9.86. The van der Waals surface area contributed by atoms with Crippen molar-refractivity contribution in [2.24, 2.45) is 17.6 Å². The number of nitrogens with two attached hydrogens (primary N) is 1. The summed E-state index contributed by atoms with van der Waals surface area (Å²) >= 11 is 0. The number of hydrogen-bond donors (Lipinski definition) is 2. The number of alkyl halides is 1. The van der Waals surface area contributed by atoms with Crippen LogP contribution in [-0.2, 0) is 9.53 Å². The zero-order chi connectivity index (χ0) is 18.4. The van der Waals surface area contributed by atoms with Crippen LogP contribution in [0.3, 0.4) is 0 Å². The van der Waals surface area contributed by atoms with Gasteiger partial charge in [-0.05, 0) is 70.2 Å². The maximum absolute atomic E-state index is 13.4. The van der Waals surface area contributed by atoms with Gasteiger partial charge >= 0.3 is 0 Å². The van der Waals surface area contributed by atoms with E-state index in [1.54, 1.807) is 0 Å². The van der Waals surface area contributed by atoms with E-state index in [0.717, 1.165) is 38.5 Å². The highest BCUT2D eigenvalue weighted by molar-refractivity contribution is 5.79. The maximum Gasteiger partial charge on any atom is 0.234 e. The number of amides is 1. The lowest BCUT2D eigenvalue weighted by molar-refractivity contribution is -0.119. The fourth-order valence-corrected chi connectivity index (χ4v) is 3.54. The summed E-state index contributed by atoms with van der Waals surface area (Å²) in [6.45, 7) is -1.29. The van der Waals surface area contributed by atoms with Gasteiger partial charge in [-0.1, -0.05) is 6.42 Å². The standard InChI is InChI=1S/C17H31FN2O2/c1-12(17(19)21)20-10-13-5-7-16(8-6-13)22-11-14-3-2-4-15(18)9-14/h12-16,20H,2-11H2,1H3,(H2,19,21)/t12-,13?,14?,15?,16?/m0/s1/i1D3. The van der Waals surface area contributed by atoms with Gasteiger partial charge in [-0.15, -0.1) is 0 Å². The van der Waals surface area contributed by atoms with Crippen LogP contribution in [0.25, 0.3) is 0 Å². The zero-order valence-corrected chi connectivity index (χ0v) is 13.2. The highest BCUT2D eigenvalue weighted by atomic mass is 19.1. The normalized spacial score (nSPS) is 36.9. The van der Waals surface area contributed by atoms with E-state index in [1.165, 1.54) is 0 Å². The Bertz CT molecular complexity index is 429. The second-order valence-corrected chi connectivity index (χ2v) is 6.85.